The average Bonchev–Trinajstić information content (AvgIpc) is 2.45. The summed E-state index contributed by atoms with van der Waals surface area (Å²) in [6.07, 6.45) is 3.54. The number of hydrogen-bond donors (Lipinski definition) is 1. The van der Waals surface area contributed by atoms with Crippen molar-refractivity contribution in [1.82, 2.24) is 0 Å². The van der Waals surface area contributed by atoms with Crippen molar-refractivity contribution in [3.05, 3.63) is 24.3 Å². The number of amides is 1. The standard InChI is InChI=1S/C15H21NO4/c1-3-4-5-9-14(17)16-12-7-6-8-13(10-12)20-11-15(18)19-2/h6-8,10H,3-5,9,11H2,1-2H3,(H,16,17). The summed E-state index contributed by atoms with van der Waals surface area (Å²) < 4.78 is 9.74. The van der Waals surface area contributed by atoms with E-state index in [1.165, 1.54) is 7.11 Å². The molecule has 1 aromatic rings. The summed E-state index contributed by atoms with van der Waals surface area (Å²) in [5.41, 5.74) is 0.661. The predicted molar refractivity (Wildman–Crippen MR) is 76.7 cm³/mol. The highest BCUT2D eigenvalue weighted by atomic mass is 16.6. The number of rotatable bonds is 8. The molecule has 1 rings (SSSR count). The minimum absolute atomic E-state index is 0.0106. The quantitative estimate of drug-likeness (QED) is 0.587. The van der Waals surface area contributed by atoms with E-state index in [2.05, 4.69) is 17.0 Å². The van der Waals surface area contributed by atoms with Crippen LogP contribution in [0.15, 0.2) is 24.3 Å². The molecule has 0 saturated carbocycles. The van der Waals surface area contributed by atoms with E-state index < -0.39 is 5.97 Å². The van der Waals surface area contributed by atoms with Gasteiger partial charge in [-0.15, -0.1) is 0 Å². The summed E-state index contributed by atoms with van der Waals surface area (Å²) >= 11 is 0. The Morgan fingerprint density at radius 3 is 2.75 bits per heavy atom. The van der Waals surface area contributed by atoms with Gasteiger partial charge >= 0.3 is 5.97 Å². The molecule has 0 spiro atoms. The number of ether oxygens (including phenoxy) is 2. The van der Waals surface area contributed by atoms with Crippen LogP contribution in [0, 0.1) is 0 Å². The van der Waals surface area contributed by atoms with Gasteiger partial charge in [0.1, 0.15) is 5.75 Å². The Morgan fingerprint density at radius 1 is 1.25 bits per heavy atom. The SMILES string of the molecule is CCCCCC(=O)Nc1cccc(OCC(=O)OC)c1. The maximum absolute atomic E-state index is 11.7. The van der Waals surface area contributed by atoms with Crippen molar-refractivity contribution in [3.63, 3.8) is 0 Å². The van der Waals surface area contributed by atoms with Gasteiger partial charge < -0.3 is 14.8 Å². The first-order chi connectivity index (χ1) is 9.65. The number of anilines is 1. The van der Waals surface area contributed by atoms with Gasteiger partial charge in [-0.2, -0.15) is 0 Å². The van der Waals surface area contributed by atoms with E-state index in [9.17, 15) is 9.59 Å². The zero-order valence-electron chi connectivity index (χ0n) is 12.0. The summed E-state index contributed by atoms with van der Waals surface area (Å²) in [6.45, 7) is 1.95. The molecule has 110 valence electrons. The molecule has 1 N–H and O–H groups in total. The van der Waals surface area contributed by atoms with Gasteiger partial charge in [0.25, 0.3) is 0 Å². The monoisotopic (exact) mass is 279 g/mol. The topological polar surface area (TPSA) is 64.6 Å². The second kappa shape index (κ2) is 8.96. The van der Waals surface area contributed by atoms with Crippen LogP contribution in [0.3, 0.4) is 0 Å². The fourth-order valence-electron chi connectivity index (χ4n) is 1.62. The van der Waals surface area contributed by atoms with E-state index in [4.69, 9.17) is 4.74 Å². The van der Waals surface area contributed by atoms with Gasteiger partial charge in [-0.05, 0) is 18.6 Å². The molecule has 0 heterocycles. The number of carbonyl (C=O) groups is 2. The summed E-state index contributed by atoms with van der Waals surface area (Å²) in [4.78, 5) is 22.7. The van der Waals surface area contributed by atoms with Crippen molar-refractivity contribution in [2.24, 2.45) is 0 Å². The molecule has 5 nitrogen and oxygen atoms in total. The number of carbonyl (C=O) groups excluding carboxylic acids is 2. The van der Waals surface area contributed by atoms with Crippen LogP contribution in [-0.2, 0) is 14.3 Å². The minimum atomic E-state index is -0.445. The Bertz CT molecular complexity index is 445. The second-order valence-electron chi connectivity index (χ2n) is 4.40. The molecule has 20 heavy (non-hydrogen) atoms. The molecule has 0 fully saturated rings. The second-order valence-corrected chi connectivity index (χ2v) is 4.40. The number of nitrogens with one attached hydrogen (secondary N) is 1. The Balaban J connectivity index is 2.46. The zero-order valence-corrected chi connectivity index (χ0v) is 12.0. The van der Waals surface area contributed by atoms with E-state index >= 15 is 0 Å². The van der Waals surface area contributed by atoms with E-state index in [1.807, 2.05) is 0 Å². The summed E-state index contributed by atoms with van der Waals surface area (Å²) in [6, 6.07) is 6.94. The fourth-order valence-corrected chi connectivity index (χ4v) is 1.62. The largest absolute Gasteiger partial charge is 0.482 e. The van der Waals surface area contributed by atoms with Crippen molar-refractivity contribution in [2.45, 2.75) is 32.6 Å². The first-order valence-corrected chi connectivity index (χ1v) is 6.75. The third kappa shape index (κ3) is 6.22. The lowest BCUT2D eigenvalue weighted by Gasteiger charge is -2.08. The van der Waals surface area contributed by atoms with Crippen molar-refractivity contribution in [3.8, 4) is 5.75 Å². The third-order valence-corrected chi connectivity index (χ3v) is 2.71. The molecule has 1 amide bonds. The van der Waals surface area contributed by atoms with Gasteiger partial charge in [-0.25, -0.2) is 4.79 Å². The fraction of sp³-hybridized carbons (Fsp3) is 0.467. The van der Waals surface area contributed by atoms with Gasteiger partial charge in [0, 0.05) is 18.2 Å². The van der Waals surface area contributed by atoms with E-state index in [1.54, 1.807) is 24.3 Å². The molecule has 0 atom stereocenters. The minimum Gasteiger partial charge on any atom is -0.482 e. The van der Waals surface area contributed by atoms with Gasteiger partial charge in [-0.1, -0.05) is 25.8 Å². The van der Waals surface area contributed by atoms with Crippen LogP contribution in [0.2, 0.25) is 0 Å². The Morgan fingerprint density at radius 2 is 2.05 bits per heavy atom. The van der Waals surface area contributed by atoms with Crippen LogP contribution in [0.4, 0.5) is 5.69 Å². The number of esters is 1. The summed E-state index contributed by atoms with van der Waals surface area (Å²) in [5.74, 6) is 0.0596. The van der Waals surface area contributed by atoms with Gasteiger partial charge in [-0.3, -0.25) is 4.79 Å². The van der Waals surface area contributed by atoms with Crippen LogP contribution in [0.25, 0.3) is 0 Å². The molecule has 0 aliphatic heterocycles. The molecule has 0 radical (unpaired) electrons. The molecule has 0 aromatic heterocycles. The van der Waals surface area contributed by atoms with Gasteiger partial charge in [0.05, 0.1) is 7.11 Å². The first-order valence-electron chi connectivity index (χ1n) is 6.75. The number of methoxy groups -OCH3 is 1. The normalized spacial score (nSPS) is 9.90. The average molecular weight is 279 g/mol. The van der Waals surface area contributed by atoms with E-state index in [-0.39, 0.29) is 12.5 Å². The van der Waals surface area contributed by atoms with E-state index in [0.29, 0.717) is 17.9 Å². The lowest BCUT2D eigenvalue weighted by Crippen LogP contribution is -2.13. The van der Waals surface area contributed by atoms with Crippen molar-refractivity contribution in [2.75, 3.05) is 19.0 Å². The predicted octanol–water partition coefficient (Wildman–Crippen LogP) is 2.76. The number of unbranched alkanes of at least 4 members (excludes halogenated alkanes) is 2. The highest BCUT2D eigenvalue weighted by Crippen LogP contribution is 2.17. The molecule has 0 bridgehead atoms. The highest BCUT2D eigenvalue weighted by Gasteiger charge is 2.05. The van der Waals surface area contributed by atoms with E-state index in [0.717, 1.165) is 19.3 Å². The molecular formula is C15H21NO4. The highest BCUT2D eigenvalue weighted by molar-refractivity contribution is 5.90. The van der Waals surface area contributed by atoms with Crippen LogP contribution >= 0.6 is 0 Å². The van der Waals surface area contributed by atoms with Crippen LogP contribution < -0.4 is 10.1 Å². The lowest BCUT2D eigenvalue weighted by molar-refractivity contribution is -0.142. The van der Waals surface area contributed by atoms with Crippen LogP contribution in [0.1, 0.15) is 32.6 Å². The number of benzene rings is 1. The number of hydrogen-bond acceptors (Lipinski definition) is 4. The van der Waals surface area contributed by atoms with Gasteiger partial charge in [0.2, 0.25) is 5.91 Å². The Labute approximate surface area is 119 Å². The van der Waals surface area contributed by atoms with Crippen LogP contribution in [0.5, 0.6) is 5.75 Å². The zero-order chi connectivity index (χ0) is 14.8. The lowest BCUT2D eigenvalue weighted by atomic mass is 10.2. The van der Waals surface area contributed by atoms with Crippen molar-refractivity contribution < 1.29 is 19.1 Å². The molecule has 0 unspecified atom stereocenters. The summed E-state index contributed by atoms with van der Waals surface area (Å²) in [5, 5.41) is 2.81. The molecular weight excluding hydrogens is 258 g/mol. The maximum Gasteiger partial charge on any atom is 0.343 e. The smallest absolute Gasteiger partial charge is 0.343 e. The summed E-state index contributed by atoms with van der Waals surface area (Å²) in [7, 11) is 1.30. The van der Waals surface area contributed by atoms with Crippen molar-refractivity contribution in [1.29, 1.82) is 0 Å². The van der Waals surface area contributed by atoms with Crippen molar-refractivity contribution >= 4 is 17.6 Å². The van der Waals surface area contributed by atoms with Crippen LogP contribution in [-0.4, -0.2) is 25.6 Å². The Kier molecular flexibility index (Phi) is 7.17. The molecule has 0 aliphatic rings. The van der Waals surface area contributed by atoms with Gasteiger partial charge in [0.15, 0.2) is 6.61 Å². The molecule has 1 aromatic carbocycles. The third-order valence-electron chi connectivity index (χ3n) is 2.71. The maximum atomic E-state index is 11.7. The molecule has 5 heteroatoms. The molecule has 0 saturated heterocycles. The first kappa shape index (κ1) is 16.0. The molecule has 0 aliphatic carbocycles. The Hall–Kier alpha value is -2.04.